The first kappa shape index (κ1) is 13.4. The van der Waals surface area contributed by atoms with Gasteiger partial charge in [0.1, 0.15) is 5.75 Å². The molecule has 106 valence electrons. The summed E-state index contributed by atoms with van der Waals surface area (Å²) < 4.78 is 0. The Kier molecular flexibility index (Phi) is 3.48. The SMILES string of the molecule is Cc1cc(NCc2ccc3ncccc3c2)c(C)cc1O. The Balaban J connectivity index is 1.81. The molecule has 0 aliphatic heterocycles. The van der Waals surface area contributed by atoms with E-state index in [1.54, 1.807) is 6.07 Å². The smallest absolute Gasteiger partial charge is 0.118 e. The molecule has 1 heterocycles. The molecule has 2 aromatic carbocycles. The van der Waals surface area contributed by atoms with Gasteiger partial charge in [-0.25, -0.2) is 0 Å². The molecule has 0 radical (unpaired) electrons. The van der Waals surface area contributed by atoms with Gasteiger partial charge >= 0.3 is 0 Å². The van der Waals surface area contributed by atoms with Crippen molar-refractivity contribution in [2.45, 2.75) is 20.4 Å². The van der Waals surface area contributed by atoms with E-state index in [1.165, 1.54) is 5.56 Å². The maximum Gasteiger partial charge on any atom is 0.118 e. The number of aromatic hydroxyl groups is 1. The molecular formula is C18H18N2O. The third-order valence-electron chi connectivity index (χ3n) is 3.69. The van der Waals surface area contributed by atoms with E-state index in [-0.39, 0.29) is 0 Å². The normalized spacial score (nSPS) is 10.8. The molecule has 0 saturated carbocycles. The van der Waals surface area contributed by atoms with Crippen molar-refractivity contribution in [3.05, 3.63) is 65.4 Å². The molecule has 0 saturated heterocycles. The van der Waals surface area contributed by atoms with Crippen LogP contribution in [0.3, 0.4) is 0 Å². The Morgan fingerprint density at radius 1 is 1.05 bits per heavy atom. The highest BCUT2D eigenvalue weighted by Gasteiger charge is 2.04. The maximum absolute atomic E-state index is 9.69. The highest BCUT2D eigenvalue weighted by molar-refractivity contribution is 5.79. The zero-order valence-electron chi connectivity index (χ0n) is 12.2. The van der Waals surface area contributed by atoms with Crippen LogP contribution in [0.15, 0.2) is 48.7 Å². The molecule has 21 heavy (non-hydrogen) atoms. The van der Waals surface area contributed by atoms with Crippen LogP contribution in [0.5, 0.6) is 5.75 Å². The van der Waals surface area contributed by atoms with Crippen molar-refractivity contribution in [2.24, 2.45) is 0 Å². The average molecular weight is 278 g/mol. The van der Waals surface area contributed by atoms with Gasteiger partial charge in [0.05, 0.1) is 5.52 Å². The van der Waals surface area contributed by atoms with Crippen molar-refractivity contribution >= 4 is 16.6 Å². The summed E-state index contributed by atoms with van der Waals surface area (Å²) in [7, 11) is 0. The van der Waals surface area contributed by atoms with Gasteiger partial charge in [-0.15, -0.1) is 0 Å². The monoisotopic (exact) mass is 278 g/mol. The Bertz CT molecular complexity index is 796. The number of phenols is 1. The minimum Gasteiger partial charge on any atom is -0.508 e. The fourth-order valence-corrected chi connectivity index (χ4v) is 2.42. The van der Waals surface area contributed by atoms with Crippen LogP contribution in [0.4, 0.5) is 5.69 Å². The number of aryl methyl sites for hydroxylation is 2. The van der Waals surface area contributed by atoms with E-state index >= 15 is 0 Å². The summed E-state index contributed by atoms with van der Waals surface area (Å²) >= 11 is 0. The number of fused-ring (bicyclic) bond motifs is 1. The number of hydrogen-bond donors (Lipinski definition) is 2. The van der Waals surface area contributed by atoms with E-state index < -0.39 is 0 Å². The fraction of sp³-hybridized carbons (Fsp3) is 0.167. The third-order valence-corrected chi connectivity index (χ3v) is 3.69. The quantitative estimate of drug-likeness (QED) is 0.707. The molecule has 0 aliphatic carbocycles. The summed E-state index contributed by atoms with van der Waals surface area (Å²) in [5, 5.41) is 14.3. The van der Waals surface area contributed by atoms with Crippen LogP contribution in [-0.2, 0) is 6.54 Å². The van der Waals surface area contributed by atoms with Gasteiger partial charge in [0.25, 0.3) is 0 Å². The lowest BCUT2D eigenvalue weighted by atomic mass is 10.1. The standard InChI is InChI=1S/C18H18N2O/c1-12-9-18(21)13(2)8-17(12)20-11-14-5-6-16-15(10-14)4-3-7-19-16/h3-10,20-21H,11H2,1-2H3. The Morgan fingerprint density at radius 3 is 2.76 bits per heavy atom. The summed E-state index contributed by atoms with van der Waals surface area (Å²) in [6.07, 6.45) is 1.81. The van der Waals surface area contributed by atoms with Crippen molar-refractivity contribution in [1.82, 2.24) is 4.98 Å². The highest BCUT2D eigenvalue weighted by Crippen LogP contribution is 2.25. The molecule has 0 amide bonds. The highest BCUT2D eigenvalue weighted by atomic mass is 16.3. The number of aromatic nitrogens is 1. The predicted octanol–water partition coefficient (Wildman–Crippen LogP) is 4.17. The largest absolute Gasteiger partial charge is 0.508 e. The number of anilines is 1. The molecule has 0 unspecified atom stereocenters. The molecule has 2 N–H and O–H groups in total. The van der Waals surface area contributed by atoms with Crippen molar-refractivity contribution in [3.8, 4) is 5.75 Å². The number of phenolic OH excluding ortho intramolecular Hbond substituents is 1. The Morgan fingerprint density at radius 2 is 1.90 bits per heavy atom. The second-order valence-electron chi connectivity index (χ2n) is 5.34. The van der Waals surface area contributed by atoms with E-state index in [0.29, 0.717) is 5.75 Å². The number of pyridine rings is 1. The van der Waals surface area contributed by atoms with Crippen molar-refractivity contribution in [3.63, 3.8) is 0 Å². The van der Waals surface area contributed by atoms with E-state index in [4.69, 9.17) is 0 Å². The molecule has 0 bridgehead atoms. The first-order valence-electron chi connectivity index (χ1n) is 7.01. The number of rotatable bonds is 3. The average Bonchev–Trinajstić information content (AvgIpc) is 2.49. The molecule has 3 nitrogen and oxygen atoms in total. The molecular weight excluding hydrogens is 260 g/mol. The first-order chi connectivity index (χ1) is 10.1. The van der Waals surface area contributed by atoms with E-state index in [9.17, 15) is 5.11 Å². The molecule has 3 aromatic rings. The van der Waals surface area contributed by atoms with Crippen molar-refractivity contribution < 1.29 is 5.11 Å². The minimum absolute atomic E-state index is 0.342. The third kappa shape index (κ3) is 2.82. The fourth-order valence-electron chi connectivity index (χ4n) is 2.42. The van der Waals surface area contributed by atoms with Gasteiger partial charge in [-0.1, -0.05) is 12.1 Å². The lowest BCUT2D eigenvalue weighted by Crippen LogP contribution is -2.01. The number of hydrogen-bond acceptors (Lipinski definition) is 3. The minimum atomic E-state index is 0.342. The predicted molar refractivity (Wildman–Crippen MR) is 86.7 cm³/mol. The van der Waals surface area contributed by atoms with Crippen LogP contribution in [0.25, 0.3) is 10.9 Å². The summed E-state index contributed by atoms with van der Waals surface area (Å²) in [5.41, 5.74) is 5.20. The van der Waals surface area contributed by atoms with Crippen LogP contribution < -0.4 is 5.32 Å². The summed E-state index contributed by atoms with van der Waals surface area (Å²) in [5.74, 6) is 0.342. The summed E-state index contributed by atoms with van der Waals surface area (Å²) in [6.45, 7) is 4.64. The van der Waals surface area contributed by atoms with Crippen LogP contribution >= 0.6 is 0 Å². The molecule has 3 heteroatoms. The molecule has 0 spiro atoms. The molecule has 3 rings (SSSR count). The summed E-state index contributed by atoms with van der Waals surface area (Å²) in [4.78, 5) is 4.33. The van der Waals surface area contributed by atoms with Gasteiger partial charge in [0.2, 0.25) is 0 Å². The van der Waals surface area contributed by atoms with E-state index in [2.05, 4.69) is 28.5 Å². The van der Waals surface area contributed by atoms with Crippen LogP contribution in [0.1, 0.15) is 16.7 Å². The number of nitrogens with zero attached hydrogens (tertiary/aromatic N) is 1. The van der Waals surface area contributed by atoms with Crippen LogP contribution in [0.2, 0.25) is 0 Å². The van der Waals surface area contributed by atoms with Gasteiger partial charge in [-0.05, 0) is 60.9 Å². The van der Waals surface area contributed by atoms with Gasteiger partial charge in [-0.3, -0.25) is 4.98 Å². The molecule has 0 aliphatic rings. The van der Waals surface area contributed by atoms with E-state index in [0.717, 1.165) is 34.3 Å². The second kappa shape index (κ2) is 5.44. The van der Waals surface area contributed by atoms with Gasteiger partial charge in [0, 0.05) is 23.8 Å². The molecule has 0 atom stereocenters. The molecule has 1 aromatic heterocycles. The second-order valence-corrected chi connectivity index (χ2v) is 5.34. The Labute approximate surface area is 124 Å². The Hall–Kier alpha value is -2.55. The van der Waals surface area contributed by atoms with Gasteiger partial charge in [-0.2, -0.15) is 0 Å². The topological polar surface area (TPSA) is 45.2 Å². The lowest BCUT2D eigenvalue weighted by Gasteiger charge is -2.12. The summed E-state index contributed by atoms with van der Waals surface area (Å²) in [6, 6.07) is 14.1. The lowest BCUT2D eigenvalue weighted by molar-refractivity contribution is 0.471. The van der Waals surface area contributed by atoms with E-state index in [1.807, 2.05) is 38.2 Å². The van der Waals surface area contributed by atoms with Crippen LogP contribution in [0, 0.1) is 13.8 Å². The van der Waals surface area contributed by atoms with Gasteiger partial charge < -0.3 is 10.4 Å². The zero-order chi connectivity index (χ0) is 14.8. The molecule has 0 fully saturated rings. The first-order valence-corrected chi connectivity index (χ1v) is 7.01. The zero-order valence-corrected chi connectivity index (χ0v) is 12.2. The number of nitrogens with one attached hydrogen (secondary N) is 1. The maximum atomic E-state index is 9.69. The van der Waals surface area contributed by atoms with Gasteiger partial charge in [0.15, 0.2) is 0 Å². The van der Waals surface area contributed by atoms with Crippen molar-refractivity contribution in [2.75, 3.05) is 5.32 Å². The van der Waals surface area contributed by atoms with Crippen LogP contribution in [-0.4, -0.2) is 10.1 Å². The number of benzene rings is 2. The van der Waals surface area contributed by atoms with Crippen molar-refractivity contribution in [1.29, 1.82) is 0 Å².